The SMILES string of the molecule is CC(C)(C)OC(=O)N1CCN(c2ccc(Br)c3c2cnn3C2CCCCO2)CC1. The fourth-order valence-electron chi connectivity index (χ4n) is 3.98. The van der Waals surface area contributed by atoms with Crippen molar-refractivity contribution in [3.8, 4) is 0 Å². The van der Waals surface area contributed by atoms with Crippen LogP contribution in [0.25, 0.3) is 10.9 Å². The molecule has 1 amide bonds. The molecule has 0 bridgehead atoms. The Balaban J connectivity index is 1.53. The third kappa shape index (κ3) is 4.38. The largest absolute Gasteiger partial charge is 0.444 e. The van der Waals surface area contributed by atoms with Crippen LogP contribution in [0.5, 0.6) is 0 Å². The van der Waals surface area contributed by atoms with Gasteiger partial charge in [0.25, 0.3) is 0 Å². The summed E-state index contributed by atoms with van der Waals surface area (Å²) in [7, 11) is 0. The predicted octanol–water partition coefficient (Wildman–Crippen LogP) is 4.56. The summed E-state index contributed by atoms with van der Waals surface area (Å²) in [5.74, 6) is 0. The number of ether oxygens (including phenoxy) is 2. The zero-order valence-corrected chi connectivity index (χ0v) is 18.9. The summed E-state index contributed by atoms with van der Waals surface area (Å²) >= 11 is 3.70. The average molecular weight is 465 g/mol. The molecule has 2 aliphatic rings. The maximum Gasteiger partial charge on any atom is 0.410 e. The van der Waals surface area contributed by atoms with Gasteiger partial charge in [0.05, 0.1) is 11.7 Å². The van der Waals surface area contributed by atoms with Crippen LogP contribution in [0.15, 0.2) is 22.8 Å². The first-order valence-corrected chi connectivity index (χ1v) is 11.1. The van der Waals surface area contributed by atoms with Gasteiger partial charge in [-0.3, -0.25) is 0 Å². The van der Waals surface area contributed by atoms with Crippen molar-refractivity contribution in [1.29, 1.82) is 0 Å². The first-order chi connectivity index (χ1) is 13.8. The van der Waals surface area contributed by atoms with Crippen LogP contribution < -0.4 is 4.90 Å². The minimum absolute atomic E-state index is 0.00295. The second-order valence-corrected chi connectivity index (χ2v) is 9.55. The first-order valence-electron chi connectivity index (χ1n) is 10.3. The number of amides is 1. The van der Waals surface area contributed by atoms with Crippen LogP contribution in [0.2, 0.25) is 0 Å². The number of nitrogens with zero attached hydrogens (tertiary/aromatic N) is 4. The van der Waals surface area contributed by atoms with E-state index >= 15 is 0 Å². The number of fused-ring (bicyclic) bond motifs is 1. The van der Waals surface area contributed by atoms with Gasteiger partial charge >= 0.3 is 6.09 Å². The van der Waals surface area contributed by atoms with E-state index in [9.17, 15) is 4.79 Å². The lowest BCUT2D eigenvalue weighted by molar-refractivity contribution is -0.0367. The highest BCUT2D eigenvalue weighted by molar-refractivity contribution is 9.10. The summed E-state index contributed by atoms with van der Waals surface area (Å²) in [6, 6.07) is 4.21. The molecular formula is C21H29BrN4O3. The molecule has 0 radical (unpaired) electrons. The second-order valence-electron chi connectivity index (χ2n) is 8.69. The van der Waals surface area contributed by atoms with E-state index in [1.807, 2.05) is 31.6 Å². The van der Waals surface area contributed by atoms with Gasteiger partial charge in [0, 0.05) is 48.3 Å². The van der Waals surface area contributed by atoms with Crippen LogP contribution in [-0.4, -0.2) is 59.2 Å². The quantitative estimate of drug-likeness (QED) is 0.651. The molecule has 158 valence electrons. The topological polar surface area (TPSA) is 59.8 Å². The molecule has 1 atom stereocenters. The lowest BCUT2D eigenvalue weighted by atomic mass is 10.1. The van der Waals surface area contributed by atoms with E-state index < -0.39 is 5.60 Å². The molecular weight excluding hydrogens is 436 g/mol. The summed E-state index contributed by atoms with van der Waals surface area (Å²) < 4.78 is 14.5. The van der Waals surface area contributed by atoms with Gasteiger partial charge in [-0.1, -0.05) is 0 Å². The zero-order chi connectivity index (χ0) is 20.6. The van der Waals surface area contributed by atoms with Gasteiger partial charge < -0.3 is 19.3 Å². The van der Waals surface area contributed by atoms with Crippen LogP contribution >= 0.6 is 15.9 Å². The Bertz CT molecular complexity index is 878. The van der Waals surface area contributed by atoms with E-state index in [-0.39, 0.29) is 12.3 Å². The van der Waals surface area contributed by atoms with E-state index in [1.165, 1.54) is 0 Å². The number of benzene rings is 1. The van der Waals surface area contributed by atoms with E-state index in [2.05, 4.69) is 38.1 Å². The summed E-state index contributed by atoms with van der Waals surface area (Å²) in [6.07, 6.45) is 4.97. The number of halogens is 1. The van der Waals surface area contributed by atoms with Gasteiger partial charge in [0.15, 0.2) is 6.23 Å². The first kappa shape index (κ1) is 20.5. The number of carbonyl (C=O) groups excluding carboxylic acids is 1. The molecule has 0 N–H and O–H groups in total. The molecule has 7 nitrogen and oxygen atoms in total. The van der Waals surface area contributed by atoms with Crippen molar-refractivity contribution >= 4 is 38.6 Å². The number of hydrogen-bond donors (Lipinski definition) is 0. The molecule has 0 saturated carbocycles. The Hall–Kier alpha value is -1.80. The predicted molar refractivity (Wildman–Crippen MR) is 116 cm³/mol. The smallest absolute Gasteiger partial charge is 0.410 e. The van der Waals surface area contributed by atoms with Crippen molar-refractivity contribution in [1.82, 2.24) is 14.7 Å². The molecule has 2 aromatic rings. The summed E-state index contributed by atoms with van der Waals surface area (Å²) in [6.45, 7) is 9.30. The third-order valence-corrected chi connectivity index (χ3v) is 6.03. The van der Waals surface area contributed by atoms with Crippen molar-refractivity contribution in [2.45, 2.75) is 51.9 Å². The van der Waals surface area contributed by atoms with Gasteiger partial charge in [-0.05, 0) is 68.1 Å². The highest BCUT2D eigenvalue weighted by Crippen LogP contribution is 2.36. The second kappa shape index (κ2) is 8.14. The molecule has 0 aliphatic carbocycles. The van der Waals surface area contributed by atoms with Gasteiger partial charge in [-0.15, -0.1) is 0 Å². The molecule has 4 rings (SSSR count). The van der Waals surface area contributed by atoms with Crippen molar-refractivity contribution < 1.29 is 14.3 Å². The van der Waals surface area contributed by atoms with Crippen LogP contribution in [0.3, 0.4) is 0 Å². The molecule has 2 aliphatic heterocycles. The van der Waals surface area contributed by atoms with Gasteiger partial charge in [0.1, 0.15) is 5.60 Å². The molecule has 29 heavy (non-hydrogen) atoms. The van der Waals surface area contributed by atoms with Crippen LogP contribution in [0, 0.1) is 0 Å². The minimum Gasteiger partial charge on any atom is -0.444 e. The van der Waals surface area contributed by atoms with Crippen molar-refractivity contribution in [3.63, 3.8) is 0 Å². The van der Waals surface area contributed by atoms with E-state index in [1.54, 1.807) is 4.90 Å². The van der Waals surface area contributed by atoms with Crippen LogP contribution in [0.4, 0.5) is 10.5 Å². The Morgan fingerprint density at radius 3 is 2.62 bits per heavy atom. The van der Waals surface area contributed by atoms with Crippen LogP contribution in [0.1, 0.15) is 46.3 Å². The van der Waals surface area contributed by atoms with E-state index in [0.717, 1.165) is 60.0 Å². The van der Waals surface area contributed by atoms with E-state index in [4.69, 9.17) is 9.47 Å². The Kier molecular flexibility index (Phi) is 5.75. The summed E-state index contributed by atoms with van der Waals surface area (Å²) in [4.78, 5) is 16.5. The highest BCUT2D eigenvalue weighted by Gasteiger charge is 2.28. The highest BCUT2D eigenvalue weighted by atomic mass is 79.9. The number of hydrogen-bond acceptors (Lipinski definition) is 5. The average Bonchev–Trinajstić information content (AvgIpc) is 3.14. The number of aromatic nitrogens is 2. The fraction of sp³-hybridized carbons (Fsp3) is 0.619. The number of rotatable bonds is 2. The van der Waals surface area contributed by atoms with Crippen molar-refractivity contribution in [2.75, 3.05) is 37.7 Å². The summed E-state index contributed by atoms with van der Waals surface area (Å²) in [5, 5.41) is 5.78. The molecule has 2 fully saturated rings. The molecule has 1 unspecified atom stereocenters. The molecule has 1 aromatic carbocycles. The van der Waals surface area contributed by atoms with Gasteiger partial charge in [-0.25, -0.2) is 9.48 Å². The van der Waals surface area contributed by atoms with Gasteiger partial charge in [-0.2, -0.15) is 5.10 Å². The van der Waals surface area contributed by atoms with Crippen molar-refractivity contribution in [2.24, 2.45) is 0 Å². The van der Waals surface area contributed by atoms with Crippen molar-refractivity contribution in [3.05, 3.63) is 22.8 Å². The Labute approximate surface area is 180 Å². The molecule has 0 spiro atoms. The molecule has 8 heteroatoms. The third-order valence-electron chi connectivity index (χ3n) is 5.39. The fourth-order valence-corrected chi connectivity index (χ4v) is 4.50. The van der Waals surface area contributed by atoms with E-state index in [0.29, 0.717) is 13.1 Å². The lowest BCUT2D eigenvalue weighted by Gasteiger charge is -2.37. The maximum absolute atomic E-state index is 12.3. The number of carbonyl (C=O) groups is 1. The van der Waals surface area contributed by atoms with Crippen LogP contribution in [-0.2, 0) is 9.47 Å². The number of piperazine rings is 1. The maximum atomic E-state index is 12.3. The zero-order valence-electron chi connectivity index (χ0n) is 17.4. The Morgan fingerprint density at radius 1 is 1.21 bits per heavy atom. The monoisotopic (exact) mass is 464 g/mol. The number of anilines is 1. The minimum atomic E-state index is -0.470. The normalized spacial score (nSPS) is 20.9. The molecule has 2 saturated heterocycles. The summed E-state index contributed by atoms with van der Waals surface area (Å²) in [5.41, 5.74) is 1.75. The molecule has 3 heterocycles. The lowest BCUT2D eigenvalue weighted by Crippen LogP contribution is -2.50. The van der Waals surface area contributed by atoms with Gasteiger partial charge in [0.2, 0.25) is 0 Å². The Morgan fingerprint density at radius 2 is 1.97 bits per heavy atom. The standard InChI is InChI=1S/C21H29BrN4O3/c1-21(2,3)29-20(27)25-11-9-24(10-12-25)17-8-7-16(22)19-15(17)14-23-26(19)18-6-4-5-13-28-18/h7-8,14,18H,4-6,9-13H2,1-3H3. The molecule has 1 aromatic heterocycles.